The van der Waals surface area contributed by atoms with Crippen molar-refractivity contribution in [2.45, 2.75) is 64.7 Å². The Kier molecular flexibility index (Phi) is 6.36. The number of hydrogen-bond donors (Lipinski definition) is 1. The first-order valence-corrected chi connectivity index (χ1v) is 9.94. The predicted octanol–water partition coefficient (Wildman–Crippen LogP) is 4.80. The monoisotopic (exact) mass is 358 g/mol. The number of ether oxygens (including phenoxy) is 1. The van der Waals surface area contributed by atoms with E-state index in [0.717, 1.165) is 12.0 Å². The van der Waals surface area contributed by atoms with E-state index in [1.165, 1.54) is 32.1 Å². The van der Waals surface area contributed by atoms with E-state index in [9.17, 15) is 4.79 Å². The maximum atomic E-state index is 13.3. The van der Waals surface area contributed by atoms with Gasteiger partial charge in [0.1, 0.15) is 5.58 Å². The van der Waals surface area contributed by atoms with Crippen molar-refractivity contribution in [3.05, 3.63) is 39.7 Å². The number of fused-ring (bicyclic) bond motifs is 1. The van der Waals surface area contributed by atoms with E-state index in [4.69, 9.17) is 14.3 Å². The minimum absolute atomic E-state index is 0.0445. The molecule has 0 aliphatic heterocycles. The maximum absolute atomic E-state index is 13.3. The molecule has 0 atom stereocenters. The SMILES string of the molecule is CC(C)c1oc2cccc(CC3CCCCC3)c2c(=O)c1OCCCO. The van der Waals surface area contributed by atoms with Crippen LogP contribution in [0.2, 0.25) is 0 Å². The summed E-state index contributed by atoms with van der Waals surface area (Å²) >= 11 is 0. The summed E-state index contributed by atoms with van der Waals surface area (Å²) in [5.41, 5.74) is 1.66. The summed E-state index contributed by atoms with van der Waals surface area (Å²) in [5, 5.41) is 9.68. The molecule has 0 bridgehead atoms. The highest BCUT2D eigenvalue weighted by Crippen LogP contribution is 2.32. The van der Waals surface area contributed by atoms with E-state index in [2.05, 4.69) is 6.07 Å². The molecule has 3 rings (SSSR count). The lowest BCUT2D eigenvalue weighted by molar-refractivity contribution is 0.227. The molecule has 2 aromatic rings. The molecule has 1 aliphatic carbocycles. The van der Waals surface area contributed by atoms with Crippen LogP contribution in [-0.4, -0.2) is 18.3 Å². The van der Waals surface area contributed by atoms with Gasteiger partial charge in [0.15, 0.2) is 5.76 Å². The van der Waals surface area contributed by atoms with Crippen LogP contribution < -0.4 is 10.2 Å². The highest BCUT2D eigenvalue weighted by atomic mass is 16.5. The Balaban J connectivity index is 2.04. The molecule has 0 unspecified atom stereocenters. The second-order valence-electron chi connectivity index (χ2n) is 7.70. The highest BCUT2D eigenvalue weighted by Gasteiger charge is 2.22. The van der Waals surface area contributed by atoms with E-state index in [1.807, 2.05) is 26.0 Å². The first-order chi connectivity index (χ1) is 12.6. The minimum Gasteiger partial charge on any atom is -0.486 e. The van der Waals surface area contributed by atoms with Crippen LogP contribution in [0.4, 0.5) is 0 Å². The van der Waals surface area contributed by atoms with Crippen molar-refractivity contribution >= 4 is 11.0 Å². The molecule has 4 heteroatoms. The van der Waals surface area contributed by atoms with Gasteiger partial charge in [-0.15, -0.1) is 0 Å². The highest BCUT2D eigenvalue weighted by molar-refractivity contribution is 5.82. The molecular formula is C22H30O4. The molecule has 1 saturated carbocycles. The Morgan fingerprint density at radius 2 is 2.00 bits per heavy atom. The molecule has 0 amide bonds. The van der Waals surface area contributed by atoms with E-state index in [0.29, 0.717) is 41.4 Å². The predicted molar refractivity (Wildman–Crippen MR) is 104 cm³/mol. The second-order valence-corrected chi connectivity index (χ2v) is 7.70. The minimum atomic E-state index is -0.0701. The lowest BCUT2D eigenvalue weighted by atomic mass is 9.84. The topological polar surface area (TPSA) is 59.7 Å². The third kappa shape index (κ3) is 4.12. The standard InChI is InChI=1S/C22H30O4/c1-15(2)21-22(25-13-7-12-23)20(24)19-17(10-6-11-18(19)26-21)14-16-8-4-3-5-9-16/h6,10-11,15-16,23H,3-5,7-9,12-14H2,1-2H3. The van der Waals surface area contributed by atoms with Gasteiger partial charge in [-0.2, -0.15) is 0 Å². The molecule has 1 N–H and O–H groups in total. The van der Waals surface area contributed by atoms with Crippen molar-refractivity contribution in [2.24, 2.45) is 5.92 Å². The molecule has 0 saturated heterocycles. The number of aliphatic hydroxyl groups is 1. The summed E-state index contributed by atoms with van der Waals surface area (Å²) in [6.45, 7) is 4.35. The molecule has 1 aromatic carbocycles. The van der Waals surface area contributed by atoms with Gasteiger partial charge < -0.3 is 14.3 Å². The van der Waals surface area contributed by atoms with Crippen molar-refractivity contribution < 1.29 is 14.3 Å². The zero-order valence-electron chi connectivity index (χ0n) is 15.9. The van der Waals surface area contributed by atoms with Crippen LogP contribution in [0.3, 0.4) is 0 Å². The molecule has 1 aromatic heterocycles. The molecule has 142 valence electrons. The van der Waals surface area contributed by atoms with Crippen LogP contribution in [0, 0.1) is 5.92 Å². The summed E-state index contributed by atoms with van der Waals surface area (Å²) in [7, 11) is 0. The summed E-state index contributed by atoms with van der Waals surface area (Å²) < 4.78 is 11.9. The van der Waals surface area contributed by atoms with E-state index in [1.54, 1.807) is 0 Å². The molecule has 0 radical (unpaired) electrons. The zero-order valence-corrected chi connectivity index (χ0v) is 15.9. The van der Waals surface area contributed by atoms with Crippen molar-refractivity contribution in [3.63, 3.8) is 0 Å². The number of rotatable bonds is 7. The number of aliphatic hydroxyl groups excluding tert-OH is 1. The van der Waals surface area contributed by atoms with Gasteiger partial charge in [-0.25, -0.2) is 0 Å². The smallest absolute Gasteiger partial charge is 0.235 e. The normalized spacial score (nSPS) is 15.7. The Morgan fingerprint density at radius 1 is 1.23 bits per heavy atom. The van der Waals surface area contributed by atoms with Crippen LogP contribution in [0.1, 0.15) is 69.6 Å². The average Bonchev–Trinajstić information content (AvgIpc) is 2.64. The summed E-state index contributed by atoms with van der Waals surface area (Å²) in [6.07, 6.45) is 7.82. The van der Waals surface area contributed by atoms with Gasteiger partial charge in [0.25, 0.3) is 0 Å². The molecule has 26 heavy (non-hydrogen) atoms. The van der Waals surface area contributed by atoms with Gasteiger partial charge in [0.05, 0.1) is 12.0 Å². The lowest BCUT2D eigenvalue weighted by Gasteiger charge is -2.22. The van der Waals surface area contributed by atoms with Crippen LogP contribution in [0.25, 0.3) is 11.0 Å². The fourth-order valence-corrected chi connectivity index (χ4v) is 3.94. The quantitative estimate of drug-likeness (QED) is 0.722. The zero-order chi connectivity index (χ0) is 18.5. The van der Waals surface area contributed by atoms with Crippen molar-refractivity contribution in [3.8, 4) is 5.75 Å². The summed E-state index contributed by atoms with van der Waals surface area (Å²) in [4.78, 5) is 13.3. The van der Waals surface area contributed by atoms with Gasteiger partial charge in [-0.1, -0.05) is 58.1 Å². The van der Waals surface area contributed by atoms with Gasteiger partial charge in [-0.05, 0) is 24.0 Å². The Bertz CT molecular complexity index is 785. The Morgan fingerprint density at radius 3 is 2.69 bits per heavy atom. The van der Waals surface area contributed by atoms with E-state index in [-0.39, 0.29) is 18.0 Å². The largest absolute Gasteiger partial charge is 0.486 e. The Labute approximate surface area is 155 Å². The van der Waals surface area contributed by atoms with Gasteiger partial charge >= 0.3 is 0 Å². The summed E-state index contributed by atoms with van der Waals surface area (Å²) in [6, 6.07) is 5.92. The first-order valence-electron chi connectivity index (χ1n) is 9.94. The molecule has 1 fully saturated rings. The van der Waals surface area contributed by atoms with Crippen LogP contribution in [-0.2, 0) is 6.42 Å². The molecule has 0 spiro atoms. The van der Waals surface area contributed by atoms with E-state index < -0.39 is 0 Å². The van der Waals surface area contributed by atoms with Gasteiger partial charge in [0.2, 0.25) is 11.2 Å². The summed E-state index contributed by atoms with van der Waals surface area (Å²) in [5.74, 6) is 1.61. The van der Waals surface area contributed by atoms with Crippen LogP contribution >= 0.6 is 0 Å². The maximum Gasteiger partial charge on any atom is 0.235 e. The van der Waals surface area contributed by atoms with Crippen molar-refractivity contribution in [1.29, 1.82) is 0 Å². The molecule has 1 heterocycles. The lowest BCUT2D eigenvalue weighted by Crippen LogP contribution is -2.16. The second kappa shape index (κ2) is 8.72. The average molecular weight is 358 g/mol. The third-order valence-corrected chi connectivity index (χ3v) is 5.30. The van der Waals surface area contributed by atoms with Gasteiger partial charge in [-0.3, -0.25) is 4.79 Å². The van der Waals surface area contributed by atoms with Crippen molar-refractivity contribution in [1.82, 2.24) is 0 Å². The third-order valence-electron chi connectivity index (χ3n) is 5.30. The molecule has 1 aliphatic rings. The molecule has 4 nitrogen and oxygen atoms in total. The first kappa shape index (κ1) is 19.0. The van der Waals surface area contributed by atoms with Crippen LogP contribution in [0.15, 0.2) is 27.4 Å². The fraction of sp³-hybridized carbons (Fsp3) is 0.591. The Hall–Kier alpha value is -1.81. The van der Waals surface area contributed by atoms with Crippen LogP contribution in [0.5, 0.6) is 5.75 Å². The van der Waals surface area contributed by atoms with E-state index >= 15 is 0 Å². The van der Waals surface area contributed by atoms with Gasteiger partial charge in [0, 0.05) is 18.9 Å². The number of hydrogen-bond acceptors (Lipinski definition) is 4. The fourth-order valence-electron chi connectivity index (χ4n) is 3.94. The molecular weight excluding hydrogens is 328 g/mol. The number of benzene rings is 1. The van der Waals surface area contributed by atoms with Crippen molar-refractivity contribution in [2.75, 3.05) is 13.2 Å².